The number of para-hydroxylation sites is 1. The number of phenols is 1. The summed E-state index contributed by atoms with van der Waals surface area (Å²) in [5.74, 6) is -0.234. The minimum atomic E-state index is -0.579. The van der Waals surface area contributed by atoms with Crippen molar-refractivity contribution in [2.24, 2.45) is 0 Å². The molecule has 1 heterocycles. The molecule has 0 aliphatic carbocycles. The predicted octanol–water partition coefficient (Wildman–Crippen LogP) is 3.90. The fourth-order valence-corrected chi connectivity index (χ4v) is 3.70. The second kappa shape index (κ2) is 8.99. The highest BCUT2D eigenvalue weighted by atomic mass is 32.2. The Balaban J connectivity index is 1.99. The van der Waals surface area contributed by atoms with Gasteiger partial charge in [0, 0.05) is 11.3 Å². The number of nitrogens with one attached hydrogen (secondary N) is 1. The first-order valence-corrected chi connectivity index (χ1v) is 9.78. The average molecular weight is 415 g/mol. The van der Waals surface area contributed by atoms with Gasteiger partial charge in [-0.15, -0.1) is 0 Å². The number of nitrogens with zero attached hydrogens (tertiary/aromatic N) is 3. The van der Waals surface area contributed by atoms with Gasteiger partial charge < -0.3 is 16.2 Å². The molecule has 148 valence electrons. The number of nitriles is 2. The zero-order valence-corrected chi connectivity index (χ0v) is 16.8. The zero-order valence-electron chi connectivity index (χ0n) is 16.0. The summed E-state index contributed by atoms with van der Waals surface area (Å²) in [6.07, 6.45) is 0. The summed E-state index contributed by atoms with van der Waals surface area (Å²) in [4.78, 5) is 16.8. The Morgan fingerprint density at radius 1 is 1.10 bits per heavy atom. The van der Waals surface area contributed by atoms with E-state index in [1.165, 1.54) is 12.1 Å². The van der Waals surface area contributed by atoms with Gasteiger partial charge in [0.2, 0.25) is 5.91 Å². The van der Waals surface area contributed by atoms with Crippen molar-refractivity contribution in [2.75, 3.05) is 11.1 Å². The normalized spacial score (nSPS) is 11.2. The van der Waals surface area contributed by atoms with Crippen LogP contribution in [0, 0.1) is 22.7 Å². The minimum absolute atomic E-state index is 0.0299. The van der Waals surface area contributed by atoms with Crippen LogP contribution >= 0.6 is 11.8 Å². The smallest absolute Gasteiger partial charge is 0.237 e. The van der Waals surface area contributed by atoms with Gasteiger partial charge in [-0.05, 0) is 36.8 Å². The standard InChI is InChI=1S/C22H17N5O2S/c1-13(21(29)26-15-5-3-2-4-6-15)30-22-18(12-24)19(17(11-23)20(25)27-22)14-7-9-16(28)10-8-14/h2-10,13,28H,1H3,(H2,25,27)(H,26,29). The van der Waals surface area contributed by atoms with Crippen molar-refractivity contribution in [1.29, 1.82) is 10.5 Å². The number of anilines is 2. The summed E-state index contributed by atoms with van der Waals surface area (Å²) in [7, 11) is 0. The lowest BCUT2D eigenvalue weighted by Gasteiger charge is -2.16. The van der Waals surface area contributed by atoms with Crippen LogP contribution in [0.2, 0.25) is 0 Å². The lowest BCUT2D eigenvalue weighted by atomic mass is 9.97. The maximum atomic E-state index is 12.6. The second-order valence-electron chi connectivity index (χ2n) is 6.31. The number of rotatable bonds is 5. The number of carbonyl (C=O) groups excluding carboxylic acids is 1. The molecule has 3 rings (SSSR count). The molecule has 0 saturated carbocycles. The zero-order chi connectivity index (χ0) is 21.7. The Kier molecular flexibility index (Phi) is 6.21. The number of carbonyl (C=O) groups is 1. The number of phenolic OH excluding ortho intramolecular Hbond substituents is 1. The Morgan fingerprint density at radius 3 is 2.33 bits per heavy atom. The van der Waals surface area contributed by atoms with Crippen molar-refractivity contribution in [3.63, 3.8) is 0 Å². The van der Waals surface area contributed by atoms with Crippen LogP contribution in [-0.4, -0.2) is 21.2 Å². The highest BCUT2D eigenvalue weighted by Gasteiger charge is 2.24. The molecule has 0 aliphatic rings. The van der Waals surface area contributed by atoms with E-state index in [1.54, 1.807) is 31.2 Å². The molecule has 1 unspecified atom stereocenters. The van der Waals surface area contributed by atoms with E-state index in [9.17, 15) is 20.4 Å². The van der Waals surface area contributed by atoms with Crippen LogP contribution in [0.25, 0.3) is 11.1 Å². The van der Waals surface area contributed by atoms with Crippen molar-refractivity contribution in [3.05, 3.63) is 65.7 Å². The van der Waals surface area contributed by atoms with Crippen molar-refractivity contribution >= 4 is 29.2 Å². The number of aromatic hydroxyl groups is 1. The SMILES string of the molecule is CC(Sc1nc(N)c(C#N)c(-c2ccc(O)cc2)c1C#N)C(=O)Nc1ccccc1. The summed E-state index contributed by atoms with van der Waals surface area (Å²) >= 11 is 1.08. The predicted molar refractivity (Wildman–Crippen MR) is 116 cm³/mol. The Labute approximate surface area is 177 Å². The third-order valence-corrected chi connectivity index (χ3v) is 5.36. The molecule has 0 aliphatic heterocycles. The van der Waals surface area contributed by atoms with Crippen molar-refractivity contribution < 1.29 is 9.90 Å². The molecule has 0 bridgehead atoms. The fourth-order valence-electron chi connectivity index (χ4n) is 2.79. The van der Waals surface area contributed by atoms with E-state index >= 15 is 0 Å². The lowest BCUT2D eigenvalue weighted by molar-refractivity contribution is -0.115. The molecule has 1 atom stereocenters. The number of pyridine rings is 1. The van der Waals surface area contributed by atoms with E-state index in [-0.39, 0.29) is 33.6 Å². The number of nitrogens with two attached hydrogens (primary N) is 1. The largest absolute Gasteiger partial charge is 0.508 e. The summed E-state index contributed by atoms with van der Waals surface area (Å²) in [5, 5.41) is 31.4. The van der Waals surface area contributed by atoms with Crippen molar-refractivity contribution in [3.8, 4) is 29.0 Å². The first-order valence-electron chi connectivity index (χ1n) is 8.90. The molecule has 0 radical (unpaired) electrons. The van der Waals surface area contributed by atoms with Gasteiger partial charge in [0.15, 0.2) is 0 Å². The van der Waals surface area contributed by atoms with Gasteiger partial charge in [0.1, 0.15) is 34.3 Å². The molecule has 8 heteroatoms. The summed E-state index contributed by atoms with van der Waals surface area (Å²) in [5.41, 5.74) is 7.74. The van der Waals surface area contributed by atoms with Gasteiger partial charge in [0.25, 0.3) is 0 Å². The number of benzene rings is 2. The molecule has 0 spiro atoms. The number of aromatic nitrogens is 1. The molecule has 3 aromatic rings. The monoisotopic (exact) mass is 415 g/mol. The van der Waals surface area contributed by atoms with Crippen LogP contribution in [0.4, 0.5) is 11.5 Å². The number of hydrogen-bond acceptors (Lipinski definition) is 7. The molecular weight excluding hydrogens is 398 g/mol. The van der Waals surface area contributed by atoms with Gasteiger partial charge in [-0.3, -0.25) is 4.79 Å². The molecule has 7 nitrogen and oxygen atoms in total. The highest BCUT2D eigenvalue weighted by molar-refractivity contribution is 8.00. The Hall–Kier alpha value is -4.01. The van der Waals surface area contributed by atoms with Gasteiger partial charge >= 0.3 is 0 Å². The maximum Gasteiger partial charge on any atom is 0.237 e. The molecule has 30 heavy (non-hydrogen) atoms. The Bertz CT molecular complexity index is 1170. The van der Waals surface area contributed by atoms with E-state index in [4.69, 9.17) is 5.73 Å². The molecular formula is C22H17N5O2S. The topological polar surface area (TPSA) is 136 Å². The first-order chi connectivity index (χ1) is 14.4. The minimum Gasteiger partial charge on any atom is -0.508 e. The van der Waals surface area contributed by atoms with Crippen LogP contribution in [0.1, 0.15) is 18.1 Å². The van der Waals surface area contributed by atoms with Crippen LogP contribution in [0.3, 0.4) is 0 Å². The van der Waals surface area contributed by atoms with Gasteiger partial charge in [-0.25, -0.2) is 4.98 Å². The number of thioether (sulfide) groups is 1. The second-order valence-corrected chi connectivity index (χ2v) is 7.64. The van der Waals surface area contributed by atoms with Crippen LogP contribution in [0.15, 0.2) is 59.6 Å². The first kappa shape index (κ1) is 20.7. The molecule has 4 N–H and O–H groups in total. The summed E-state index contributed by atoms with van der Waals surface area (Å²) in [6.45, 7) is 1.69. The molecule has 0 fully saturated rings. The fraction of sp³-hybridized carbons (Fsp3) is 0.0909. The van der Waals surface area contributed by atoms with E-state index < -0.39 is 5.25 Å². The quantitative estimate of drug-likeness (QED) is 0.538. The van der Waals surface area contributed by atoms with Crippen LogP contribution in [0.5, 0.6) is 5.75 Å². The maximum absolute atomic E-state index is 12.6. The van der Waals surface area contributed by atoms with Crippen molar-refractivity contribution in [2.45, 2.75) is 17.2 Å². The van der Waals surface area contributed by atoms with E-state index in [2.05, 4.69) is 16.4 Å². The number of amides is 1. The summed E-state index contributed by atoms with van der Waals surface area (Å²) in [6, 6.07) is 19.2. The third-order valence-electron chi connectivity index (χ3n) is 4.27. The number of hydrogen-bond donors (Lipinski definition) is 3. The molecule has 1 aromatic heterocycles. The van der Waals surface area contributed by atoms with E-state index in [0.29, 0.717) is 16.8 Å². The van der Waals surface area contributed by atoms with E-state index in [0.717, 1.165) is 11.8 Å². The van der Waals surface area contributed by atoms with Crippen LogP contribution < -0.4 is 11.1 Å². The van der Waals surface area contributed by atoms with Crippen molar-refractivity contribution in [1.82, 2.24) is 4.98 Å². The third kappa shape index (κ3) is 4.35. The van der Waals surface area contributed by atoms with Gasteiger partial charge in [-0.1, -0.05) is 42.1 Å². The van der Waals surface area contributed by atoms with Crippen LogP contribution in [-0.2, 0) is 4.79 Å². The average Bonchev–Trinajstić information content (AvgIpc) is 2.74. The number of nitrogen functional groups attached to an aromatic ring is 1. The molecule has 2 aromatic carbocycles. The molecule has 0 saturated heterocycles. The molecule has 1 amide bonds. The van der Waals surface area contributed by atoms with Gasteiger partial charge in [-0.2, -0.15) is 10.5 Å². The highest BCUT2D eigenvalue weighted by Crippen LogP contribution is 2.37. The summed E-state index contributed by atoms with van der Waals surface area (Å²) < 4.78 is 0. The Morgan fingerprint density at radius 2 is 1.73 bits per heavy atom. The lowest BCUT2D eigenvalue weighted by Crippen LogP contribution is -2.22. The van der Waals surface area contributed by atoms with E-state index in [1.807, 2.05) is 24.3 Å². The van der Waals surface area contributed by atoms with Gasteiger partial charge in [0.05, 0.1) is 10.8 Å².